The third-order valence-corrected chi connectivity index (χ3v) is 4.54. The number of hydrogen-bond donors (Lipinski definition) is 2. The number of aryl methyl sites for hydroxylation is 2. The maximum Gasteiger partial charge on any atom is 0.342 e. The monoisotopic (exact) mass is 394 g/mol. The number of esters is 1. The van der Waals surface area contributed by atoms with Crippen LogP contribution < -0.4 is 5.32 Å². The van der Waals surface area contributed by atoms with Crippen LogP contribution in [0.25, 0.3) is 10.8 Å². The van der Waals surface area contributed by atoms with Crippen molar-refractivity contribution in [1.82, 2.24) is 0 Å². The fourth-order valence-electron chi connectivity index (χ4n) is 2.87. The number of fused-ring (bicyclic) bond motifs is 1. The van der Waals surface area contributed by atoms with Gasteiger partial charge in [-0.15, -0.1) is 0 Å². The van der Waals surface area contributed by atoms with Gasteiger partial charge < -0.3 is 15.2 Å². The second-order valence-electron chi connectivity index (χ2n) is 6.52. The van der Waals surface area contributed by atoms with Crippen molar-refractivity contribution in [3.05, 3.63) is 75.3 Å². The van der Waals surface area contributed by atoms with Gasteiger partial charge in [-0.05, 0) is 42.5 Å². The summed E-state index contributed by atoms with van der Waals surface area (Å²) in [5.74, 6) is -1.85. The van der Waals surface area contributed by atoms with Crippen LogP contribution in [0.5, 0.6) is 5.75 Å². The maximum absolute atomic E-state index is 12.3. The van der Waals surface area contributed by atoms with Crippen molar-refractivity contribution in [3.8, 4) is 5.75 Å². The van der Waals surface area contributed by atoms with Crippen LogP contribution in [0.3, 0.4) is 0 Å². The van der Waals surface area contributed by atoms with Crippen LogP contribution in [0.15, 0.2) is 48.5 Å². The highest BCUT2D eigenvalue weighted by atomic mass is 16.6. The molecule has 8 nitrogen and oxygen atoms in total. The number of anilines is 1. The van der Waals surface area contributed by atoms with Gasteiger partial charge in [0.25, 0.3) is 11.6 Å². The zero-order valence-corrected chi connectivity index (χ0v) is 15.8. The minimum atomic E-state index is -0.877. The van der Waals surface area contributed by atoms with Crippen LogP contribution in [0.4, 0.5) is 11.4 Å². The molecule has 0 radical (unpaired) electrons. The summed E-state index contributed by atoms with van der Waals surface area (Å²) in [5, 5.41) is 25.1. The number of aromatic hydroxyl groups is 1. The molecule has 8 heteroatoms. The normalized spacial score (nSPS) is 10.6. The number of nitro benzene ring substituents is 1. The minimum Gasteiger partial charge on any atom is -0.506 e. The number of hydrogen-bond acceptors (Lipinski definition) is 6. The van der Waals surface area contributed by atoms with Gasteiger partial charge in [0.2, 0.25) is 0 Å². The first-order valence-electron chi connectivity index (χ1n) is 8.71. The molecule has 0 spiro atoms. The number of rotatable bonds is 5. The molecule has 0 saturated carbocycles. The summed E-state index contributed by atoms with van der Waals surface area (Å²) in [6.45, 7) is 2.83. The molecule has 0 aliphatic heterocycles. The van der Waals surface area contributed by atoms with E-state index in [4.69, 9.17) is 4.74 Å². The van der Waals surface area contributed by atoms with Crippen LogP contribution in [-0.4, -0.2) is 28.5 Å². The average Bonchev–Trinajstić information content (AvgIpc) is 2.69. The first kappa shape index (κ1) is 19.8. The number of benzene rings is 3. The van der Waals surface area contributed by atoms with Crippen LogP contribution >= 0.6 is 0 Å². The molecule has 148 valence electrons. The Labute approximate surface area is 165 Å². The number of nitro groups is 1. The molecule has 2 N–H and O–H groups in total. The highest BCUT2D eigenvalue weighted by Crippen LogP contribution is 2.29. The Morgan fingerprint density at radius 1 is 1.10 bits per heavy atom. The molecule has 1 amide bonds. The zero-order chi connectivity index (χ0) is 21.1. The Hall–Kier alpha value is -3.94. The first-order valence-corrected chi connectivity index (χ1v) is 8.71. The Morgan fingerprint density at radius 3 is 2.52 bits per heavy atom. The summed E-state index contributed by atoms with van der Waals surface area (Å²) in [7, 11) is 0. The fraction of sp³-hybridized carbons (Fsp3) is 0.143. The van der Waals surface area contributed by atoms with Gasteiger partial charge in [0.1, 0.15) is 17.0 Å². The van der Waals surface area contributed by atoms with Crippen LogP contribution in [0, 0.1) is 24.0 Å². The Kier molecular flexibility index (Phi) is 5.45. The average molecular weight is 394 g/mol. The van der Waals surface area contributed by atoms with Gasteiger partial charge in [0.05, 0.1) is 4.92 Å². The lowest BCUT2D eigenvalue weighted by Crippen LogP contribution is -2.21. The molecule has 29 heavy (non-hydrogen) atoms. The third kappa shape index (κ3) is 4.16. The minimum absolute atomic E-state index is 0.0210. The quantitative estimate of drug-likeness (QED) is 0.385. The van der Waals surface area contributed by atoms with Gasteiger partial charge in [-0.3, -0.25) is 14.9 Å². The second kappa shape index (κ2) is 7.97. The molecule has 3 rings (SSSR count). The van der Waals surface area contributed by atoms with Crippen molar-refractivity contribution in [3.63, 3.8) is 0 Å². The molecule has 0 saturated heterocycles. The van der Waals surface area contributed by atoms with E-state index in [2.05, 4.69) is 5.32 Å². The Morgan fingerprint density at radius 2 is 1.79 bits per heavy atom. The molecular formula is C21H18N2O6. The summed E-state index contributed by atoms with van der Waals surface area (Å²) < 4.78 is 4.97. The van der Waals surface area contributed by atoms with Crippen molar-refractivity contribution >= 4 is 34.0 Å². The van der Waals surface area contributed by atoms with Crippen LogP contribution in [0.1, 0.15) is 21.5 Å². The molecule has 0 bridgehead atoms. The van der Waals surface area contributed by atoms with E-state index in [9.17, 15) is 24.8 Å². The van der Waals surface area contributed by atoms with Crippen molar-refractivity contribution in [1.29, 1.82) is 0 Å². The predicted molar refractivity (Wildman–Crippen MR) is 107 cm³/mol. The topological polar surface area (TPSA) is 119 Å². The summed E-state index contributed by atoms with van der Waals surface area (Å²) in [5.41, 5.74) is 1.18. The number of nitrogens with one attached hydrogen (secondary N) is 1. The molecule has 0 aromatic heterocycles. The lowest BCUT2D eigenvalue weighted by Gasteiger charge is -2.10. The molecule has 0 unspecified atom stereocenters. The number of carbonyl (C=O) groups excluding carboxylic acids is 2. The molecule has 0 aliphatic rings. The molecular weight excluding hydrogens is 376 g/mol. The van der Waals surface area contributed by atoms with Crippen LogP contribution in [-0.2, 0) is 9.53 Å². The van der Waals surface area contributed by atoms with Gasteiger partial charge in [0.15, 0.2) is 6.61 Å². The smallest absolute Gasteiger partial charge is 0.342 e. The summed E-state index contributed by atoms with van der Waals surface area (Å²) in [4.78, 5) is 35.0. The first-order chi connectivity index (χ1) is 13.8. The standard InChI is InChI=1S/C21H18N2O6/c1-12-9-17(18(23(27)28)10-13(12)2)22-19(24)11-29-21(26)16-8-7-14-5-3-4-6-15(14)20(16)25/h3-10,25H,11H2,1-2H3,(H,22,24). The van der Waals surface area contributed by atoms with Gasteiger partial charge in [-0.2, -0.15) is 0 Å². The SMILES string of the molecule is Cc1cc(NC(=O)COC(=O)c2ccc3ccccc3c2O)c([N+](=O)[O-])cc1C. The largest absolute Gasteiger partial charge is 0.506 e. The number of phenolic OH excluding ortho intramolecular Hbond substituents is 1. The number of amides is 1. The summed E-state index contributed by atoms with van der Waals surface area (Å²) in [6, 6.07) is 12.9. The van der Waals surface area contributed by atoms with Gasteiger partial charge in [0, 0.05) is 11.5 Å². The van der Waals surface area contributed by atoms with Gasteiger partial charge >= 0.3 is 5.97 Å². The van der Waals surface area contributed by atoms with E-state index in [-0.39, 0.29) is 22.7 Å². The van der Waals surface area contributed by atoms with E-state index >= 15 is 0 Å². The number of carbonyl (C=O) groups is 2. The van der Waals surface area contributed by atoms with Crippen molar-refractivity contribution in [2.75, 3.05) is 11.9 Å². The predicted octanol–water partition coefficient (Wildman–Crippen LogP) is 3.87. The Balaban J connectivity index is 1.72. The second-order valence-corrected chi connectivity index (χ2v) is 6.52. The molecule has 0 atom stereocenters. The summed E-state index contributed by atoms with van der Waals surface area (Å²) >= 11 is 0. The van der Waals surface area contributed by atoms with Gasteiger partial charge in [-0.25, -0.2) is 4.79 Å². The van der Waals surface area contributed by atoms with E-state index < -0.39 is 23.4 Å². The molecule has 3 aromatic carbocycles. The zero-order valence-electron chi connectivity index (χ0n) is 15.8. The molecule has 0 fully saturated rings. The maximum atomic E-state index is 12.3. The lowest BCUT2D eigenvalue weighted by atomic mass is 10.1. The molecule has 3 aromatic rings. The van der Waals surface area contributed by atoms with Crippen LogP contribution in [0.2, 0.25) is 0 Å². The van der Waals surface area contributed by atoms with Crippen molar-refractivity contribution in [2.45, 2.75) is 13.8 Å². The number of ether oxygens (including phenoxy) is 1. The van der Waals surface area contributed by atoms with E-state index in [0.29, 0.717) is 10.9 Å². The Bertz CT molecular complexity index is 1140. The fourth-order valence-corrected chi connectivity index (χ4v) is 2.87. The summed E-state index contributed by atoms with van der Waals surface area (Å²) in [6.07, 6.45) is 0. The third-order valence-electron chi connectivity index (χ3n) is 4.54. The van der Waals surface area contributed by atoms with E-state index in [0.717, 1.165) is 10.9 Å². The molecule has 0 aliphatic carbocycles. The number of nitrogens with zero attached hydrogens (tertiary/aromatic N) is 1. The number of phenols is 1. The van der Waals surface area contributed by atoms with Crippen molar-refractivity contribution in [2.24, 2.45) is 0 Å². The van der Waals surface area contributed by atoms with E-state index in [1.165, 1.54) is 18.2 Å². The highest BCUT2D eigenvalue weighted by molar-refractivity contribution is 6.02. The molecule has 0 heterocycles. The van der Waals surface area contributed by atoms with E-state index in [1.54, 1.807) is 44.2 Å². The van der Waals surface area contributed by atoms with Gasteiger partial charge in [-0.1, -0.05) is 30.3 Å². The van der Waals surface area contributed by atoms with Crippen molar-refractivity contribution < 1.29 is 24.4 Å². The highest BCUT2D eigenvalue weighted by Gasteiger charge is 2.20. The van der Waals surface area contributed by atoms with E-state index in [1.807, 2.05) is 0 Å². The lowest BCUT2D eigenvalue weighted by molar-refractivity contribution is -0.384.